The van der Waals surface area contributed by atoms with Crippen LogP contribution < -0.4 is 14.8 Å². The number of nitrogens with zero attached hydrogens (tertiary/aromatic N) is 3. The van der Waals surface area contributed by atoms with Gasteiger partial charge in [-0.1, -0.05) is 29.9 Å². The minimum Gasteiger partial charge on any atom is -0.492 e. The van der Waals surface area contributed by atoms with Crippen molar-refractivity contribution in [3.05, 3.63) is 82.9 Å². The summed E-state index contributed by atoms with van der Waals surface area (Å²) in [6, 6.07) is 19.4. The highest BCUT2D eigenvalue weighted by molar-refractivity contribution is 7.22. The molecule has 1 atom stereocenters. The van der Waals surface area contributed by atoms with Gasteiger partial charge in [0, 0.05) is 12.1 Å². The molecule has 3 N–H and O–H groups in total. The first-order chi connectivity index (χ1) is 20.1. The van der Waals surface area contributed by atoms with E-state index in [1.54, 1.807) is 36.4 Å². The number of thiazole rings is 1. The fourth-order valence-electron chi connectivity index (χ4n) is 4.81. The molecule has 0 saturated carbocycles. The number of nitriles is 1. The Balaban J connectivity index is 1.32. The number of rotatable bonds is 11. The van der Waals surface area contributed by atoms with E-state index in [0.717, 1.165) is 24.3 Å². The van der Waals surface area contributed by atoms with E-state index in [1.807, 2.05) is 24.3 Å². The van der Waals surface area contributed by atoms with Crippen molar-refractivity contribution in [2.24, 2.45) is 0 Å². The van der Waals surface area contributed by atoms with Crippen LogP contribution in [0.2, 0.25) is 0 Å². The van der Waals surface area contributed by atoms with Crippen LogP contribution in [0.3, 0.4) is 0 Å². The van der Waals surface area contributed by atoms with Gasteiger partial charge in [0.05, 0.1) is 35.1 Å². The summed E-state index contributed by atoms with van der Waals surface area (Å²) in [7, 11) is 0. The number of ether oxygens (including phenoxy) is 2. The molecule has 0 radical (unpaired) electrons. The van der Waals surface area contributed by atoms with E-state index >= 15 is 0 Å². The van der Waals surface area contributed by atoms with Crippen molar-refractivity contribution in [3.8, 4) is 17.6 Å². The fourth-order valence-corrected chi connectivity index (χ4v) is 5.72. The number of piperidine rings is 1. The van der Waals surface area contributed by atoms with Gasteiger partial charge >= 0.3 is 0 Å². The minimum absolute atomic E-state index is 0.204. The number of anilines is 1. The molecule has 4 aromatic rings. The van der Waals surface area contributed by atoms with Gasteiger partial charge in [0.25, 0.3) is 5.91 Å². The Morgan fingerprint density at radius 2 is 1.68 bits per heavy atom. The largest absolute Gasteiger partial charge is 0.492 e. The Morgan fingerprint density at radius 3 is 2.37 bits per heavy atom. The number of likely N-dealkylation sites (tertiary alicyclic amines) is 1. The zero-order valence-electron chi connectivity index (χ0n) is 22.6. The number of carbonyl (C=O) groups excluding carboxylic acids is 1. The van der Waals surface area contributed by atoms with E-state index in [4.69, 9.17) is 14.7 Å². The zero-order chi connectivity index (χ0) is 28.6. The molecule has 1 aliphatic rings. The van der Waals surface area contributed by atoms with Crippen LogP contribution in [0.1, 0.15) is 47.6 Å². The number of hydrogen-bond donors (Lipinski definition) is 3. The molecule has 1 aliphatic heterocycles. The Kier molecular flexibility index (Phi) is 9.44. The normalized spacial score (nSPS) is 14.4. The van der Waals surface area contributed by atoms with E-state index in [1.165, 1.54) is 30.6 Å². The number of fused-ring (bicyclic) bond motifs is 1. The molecule has 10 heteroatoms. The van der Waals surface area contributed by atoms with Gasteiger partial charge in [-0.05, 0) is 85.6 Å². The van der Waals surface area contributed by atoms with Crippen LogP contribution in [0.15, 0.2) is 60.7 Å². The molecule has 41 heavy (non-hydrogen) atoms. The highest BCUT2D eigenvalue weighted by atomic mass is 32.1. The number of benzene rings is 3. The molecule has 1 unspecified atom stereocenters. The molecule has 1 aromatic heterocycles. The minimum atomic E-state index is -1.00. The second-order valence-electron chi connectivity index (χ2n) is 9.87. The summed E-state index contributed by atoms with van der Waals surface area (Å²) in [4.78, 5) is 20.5. The van der Waals surface area contributed by atoms with Crippen LogP contribution in [-0.2, 0) is 18.0 Å². The lowest BCUT2D eigenvalue weighted by molar-refractivity contribution is -0.123. The van der Waals surface area contributed by atoms with Crippen molar-refractivity contribution in [2.45, 2.75) is 38.6 Å². The molecule has 212 valence electrons. The second-order valence-corrected chi connectivity index (χ2v) is 10.9. The molecule has 0 aliphatic carbocycles. The lowest BCUT2D eigenvalue weighted by Gasteiger charge is -2.26. The number of aliphatic hydroxyl groups is 2. The van der Waals surface area contributed by atoms with Gasteiger partial charge in [0.2, 0.25) is 6.10 Å². The van der Waals surface area contributed by atoms with Crippen LogP contribution in [0.5, 0.6) is 11.5 Å². The summed E-state index contributed by atoms with van der Waals surface area (Å²) < 4.78 is 12.9. The molecular formula is C31H32N4O5S. The zero-order valence-corrected chi connectivity index (χ0v) is 23.4. The number of nitrogens with one attached hydrogen (secondary N) is 1. The van der Waals surface area contributed by atoms with Crippen molar-refractivity contribution in [1.82, 2.24) is 9.88 Å². The highest BCUT2D eigenvalue weighted by Crippen LogP contribution is 2.31. The van der Waals surface area contributed by atoms with E-state index in [0.29, 0.717) is 51.0 Å². The predicted octanol–water partition coefficient (Wildman–Crippen LogP) is 4.78. The Labute approximate surface area is 242 Å². The summed E-state index contributed by atoms with van der Waals surface area (Å²) in [5, 5.41) is 31.6. The molecule has 1 saturated heterocycles. The first kappa shape index (κ1) is 28.5. The van der Waals surface area contributed by atoms with Gasteiger partial charge in [-0.25, -0.2) is 4.98 Å². The average Bonchev–Trinajstić information content (AvgIpc) is 3.41. The second kappa shape index (κ2) is 13.6. The van der Waals surface area contributed by atoms with Crippen LogP contribution in [0.25, 0.3) is 10.2 Å². The molecular weight excluding hydrogens is 540 g/mol. The van der Waals surface area contributed by atoms with Gasteiger partial charge in [0.1, 0.15) is 18.1 Å². The molecule has 0 bridgehead atoms. The fraction of sp³-hybridized carbons (Fsp3) is 0.323. The monoisotopic (exact) mass is 572 g/mol. The van der Waals surface area contributed by atoms with Crippen molar-refractivity contribution in [3.63, 3.8) is 0 Å². The van der Waals surface area contributed by atoms with Gasteiger partial charge in [0.15, 0.2) is 5.13 Å². The quantitative estimate of drug-likeness (QED) is 0.234. The van der Waals surface area contributed by atoms with Crippen molar-refractivity contribution < 1.29 is 24.5 Å². The molecule has 1 amide bonds. The highest BCUT2D eigenvalue weighted by Gasteiger charge is 2.25. The summed E-state index contributed by atoms with van der Waals surface area (Å²) in [5.41, 5.74) is 2.93. The number of aromatic nitrogens is 1. The summed E-state index contributed by atoms with van der Waals surface area (Å²) in [6.45, 7) is 3.29. The topological polar surface area (TPSA) is 128 Å². The van der Waals surface area contributed by atoms with Gasteiger partial charge in [-0.3, -0.25) is 15.0 Å². The lowest BCUT2D eigenvalue weighted by atomic mass is 10.1. The average molecular weight is 573 g/mol. The van der Waals surface area contributed by atoms with Gasteiger partial charge in [-0.2, -0.15) is 5.26 Å². The maximum absolute atomic E-state index is 13.6. The van der Waals surface area contributed by atoms with Crippen molar-refractivity contribution in [2.75, 3.05) is 31.6 Å². The van der Waals surface area contributed by atoms with E-state index in [2.05, 4.69) is 21.3 Å². The number of carbonyl (C=O) groups is 1. The lowest BCUT2D eigenvalue weighted by Crippen LogP contribution is -2.33. The Morgan fingerprint density at radius 1 is 1.00 bits per heavy atom. The van der Waals surface area contributed by atoms with Crippen LogP contribution in [0, 0.1) is 11.3 Å². The summed E-state index contributed by atoms with van der Waals surface area (Å²) >= 11 is 1.27. The van der Waals surface area contributed by atoms with Crippen LogP contribution in [-0.4, -0.2) is 52.2 Å². The van der Waals surface area contributed by atoms with Crippen LogP contribution in [0.4, 0.5) is 5.13 Å². The Hall–Kier alpha value is -4.01. The third-order valence-electron chi connectivity index (χ3n) is 7.06. The predicted molar refractivity (Wildman–Crippen MR) is 157 cm³/mol. The van der Waals surface area contributed by atoms with Crippen molar-refractivity contribution in [1.29, 1.82) is 5.26 Å². The summed E-state index contributed by atoms with van der Waals surface area (Å²) in [5.74, 6) is 0.737. The third kappa shape index (κ3) is 7.20. The molecule has 1 fully saturated rings. The van der Waals surface area contributed by atoms with Gasteiger partial charge in [-0.15, -0.1) is 0 Å². The maximum Gasteiger partial charge on any atom is 0.271 e. The smallest absolute Gasteiger partial charge is 0.271 e. The SMILES string of the molecule is N#Cc1ccc(OC(C(=O)Nc2nc3cc(CO)c(CO)cc3s2)c2ccc(OCCN3CCCCC3)cc2)cc1. The number of aliphatic hydroxyl groups excluding tert-OH is 2. The maximum atomic E-state index is 13.6. The first-order valence-electron chi connectivity index (χ1n) is 13.6. The summed E-state index contributed by atoms with van der Waals surface area (Å²) in [6.07, 6.45) is 2.77. The first-order valence-corrected chi connectivity index (χ1v) is 14.4. The third-order valence-corrected chi connectivity index (χ3v) is 8.00. The van der Waals surface area contributed by atoms with Gasteiger partial charge < -0.3 is 19.7 Å². The molecule has 0 spiro atoms. The number of hydrogen-bond acceptors (Lipinski definition) is 9. The number of amides is 1. The molecule has 2 heterocycles. The van der Waals surface area contributed by atoms with E-state index < -0.39 is 12.0 Å². The Bertz CT molecular complexity index is 1470. The van der Waals surface area contributed by atoms with E-state index in [-0.39, 0.29) is 13.2 Å². The molecule has 3 aromatic carbocycles. The van der Waals surface area contributed by atoms with Crippen LogP contribution >= 0.6 is 11.3 Å². The van der Waals surface area contributed by atoms with E-state index in [9.17, 15) is 15.0 Å². The molecule has 5 rings (SSSR count). The standard InChI is InChI=1S/C31H32N4O5S/c32-18-21-4-8-26(9-5-21)40-29(22-6-10-25(11-7-22)39-15-14-35-12-2-1-3-13-35)30(38)34-31-33-27-16-23(19-36)24(20-37)17-28(27)41-31/h4-11,16-17,29,36-37H,1-3,12-15,19-20H2,(H,33,34,38). The molecule has 9 nitrogen and oxygen atoms in total. The van der Waals surface area contributed by atoms with Crippen molar-refractivity contribution >= 4 is 32.6 Å².